The van der Waals surface area contributed by atoms with Crippen molar-refractivity contribution in [2.45, 2.75) is 24.3 Å². The molecule has 2 rings (SSSR count). The fraction of sp³-hybridized carbons (Fsp3) is 0.500. The molecule has 4 nitrogen and oxygen atoms in total. The number of hydrogen-bond donors (Lipinski definition) is 1. The number of nitrogens with one attached hydrogen (secondary N) is 1. The highest BCUT2D eigenvalue weighted by atomic mass is 35.5. The second kappa shape index (κ2) is 5.75. The van der Waals surface area contributed by atoms with E-state index in [0.717, 1.165) is 18.9 Å². The topological polar surface area (TPSA) is 49.4 Å². The summed E-state index contributed by atoms with van der Waals surface area (Å²) in [6, 6.07) is 2.44. The molecular formula is C12H16ClFN2O2S. The summed E-state index contributed by atoms with van der Waals surface area (Å²) in [6.45, 7) is 1.31. The number of hydrogen-bond acceptors (Lipinski definition) is 3. The molecule has 19 heavy (non-hydrogen) atoms. The lowest BCUT2D eigenvalue weighted by Gasteiger charge is -2.17. The summed E-state index contributed by atoms with van der Waals surface area (Å²) < 4.78 is 39.8. The molecular weight excluding hydrogens is 291 g/mol. The largest absolute Gasteiger partial charge is 0.316 e. The normalized spacial score (nSPS) is 17.0. The van der Waals surface area contributed by atoms with E-state index in [4.69, 9.17) is 11.6 Å². The molecule has 0 spiro atoms. The number of benzene rings is 1. The van der Waals surface area contributed by atoms with E-state index in [2.05, 4.69) is 5.32 Å². The fourth-order valence-electron chi connectivity index (χ4n) is 2.16. The molecule has 0 aromatic heterocycles. The Bertz CT molecular complexity index is 571. The van der Waals surface area contributed by atoms with Crippen LogP contribution >= 0.6 is 11.6 Å². The van der Waals surface area contributed by atoms with Crippen LogP contribution in [0.5, 0.6) is 0 Å². The van der Waals surface area contributed by atoms with Crippen LogP contribution in [0.4, 0.5) is 4.39 Å². The zero-order valence-corrected chi connectivity index (χ0v) is 12.2. The van der Waals surface area contributed by atoms with Gasteiger partial charge in [0.25, 0.3) is 0 Å². The second-order valence-corrected chi connectivity index (χ2v) is 6.84. The van der Waals surface area contributed by atoms with Crippen molar-refractivity contribution in [1.29, 1.82) is 0 Å². The molecule has 1 saturated heterocycles. The number of halogens is 2. The molecule has 0 amide bonds. The van der Waals surface area contributed by atoms with Crippen LogP contribution in [0.2, 0.25) is 5.02 Å². The highest BCUT2D eigenvalue weighted by Crippen LogP contribution is 2.27. The Morgan fingerprint density at radius 2 is 2.00 bits per heavy atom. The molecule has 1 aromatic rings. The van der Waals surface area contributed by atoms with Crippen LogP contribution in [-0.4, -0.2) is 32.9 Å². The van der Waals surface area contributed by atoms with Crippen LogP contribution in [0.1, 0.15) is 18.4 Å². The van der Waals surface area contributed by atoms with Gasteiger partial charge in [0.05, 0.1) is 9.92 Å². The monoisotopic (exact) mass is 306 g/mol. The zero-order valence-electron chi connectivity index (χ0n) is 10.6. The quantitative estimate of drug-likeness (QED) is 0.925. The van der Waals surface area contributed by atoms with Gasteiger partial charge in [-0.3, -0.25) is 0 Å². The van der Waals surface area contributed by atoms with Crippen LogP contribution in [0.15, 0.2) is 17.0 Å². The lowest BCUT2D eigenvalue weighted by molar-refractivity contribution is 0.476. The van der Waals surface area contributed by atoms with E-state index < -0.39 is 15.8 Å². The van der Waals surface area contributed by atoms with E-state index in [1.165, 1.54) is 10.4 Å². The van der Waals surface area contributed by atoms with Gasteiger partial charge in [0.2, 0.25) is 10.0 Å². The zero-order chi connectivity index (χ0) is 14.0. The van der Waals surface area contributed by atoms with E-state index in [-0.39, 0.29) is 9.92 Å². The highest BCUT2D eigenvalue weighted by Gasteiger charge is 2.28. The van der Waals surface area contributed by atoms with Crippen molar-refractivity contribution in [1.82, 2.24) is 9.62 Å². The van der Waals surface area contributed by atoms with Gasteiger partial charge in [-0.1, -0.05) is 11.6 Å². The summed E-state index contributed by atoms with van der Waals surface area (Å²) in [6.07, 6.45) is 1.69. The smallest absolute Gasteiger partial charge is 0.243 e. The van der Waals surface area contributed by atoms with Gasteiger partial charge in [0.1, 0.15) is 5.82 Å². The molecule has 1 N–H and O–H groups in total. The van der Waals surface area contributed by atoms with Gasteiger partial charge in [-0.05, 0) is 37.6 Å². The Morgan fingerprint density at radius 1 is 1.37 bits per heavy atom. The third kappa shape index (κ3) is 2.91. The predicted octanol–water partition coefficient (Wildman–Crippen LogP) is 1.98. The second-order valence-electron chi connectivity index (χ2n) is 4.52. The standard InChI is InChI=1S/C12H16ClFN2O2S/c1-15-8-9-6-10(7-11(14)12(9)13)19(17,18)16-4-2-3-5-16/h6-7,15H,2-5,8H2,1H3. The van der Waals surface area contributed by atoms with Crippen molar-refractivity contribution in [3.63, 3.8) is 0 Å². The molecule has 0 bridgehead atoms. The van der Waals surface area contributed by atoms with Crippen LogP contribution in [0.25, 0.3) is 0 Å². The minimum atomic E-state index is -3.61. The fourth-order valence-corrected chi connectivity index (χ4v) is 3.92. The van der Waals surface area contributed by atoms with E-state index >= 15 is 0 Å². The summed E-state index contributed by atoms with van der Waals surface area (Å²) in [5.74, 6) is -0.702. The maximum Gasteiger partial charge on any atom is 0.243 e. The molecule has 0 atom stereocenters. The van der Waals surface area contributed by atoms with Crippen molar-refractivity contribution in [2.75, 3.05) is 20.1 Å². The van der Waals surface area contributed by atoms with Gasteiger partial charge in [-0.15, -0.1) is 0 Å². The van der Waals surface area contributed by atoms with Crippen molar-refractivity contribution >= 4 is 21.6 Å². The van der Waals surface area contributed by atoms with Crippen molar-refractivity contribution in [3.05, 3.63) is 28.5 Å². The van der Waals surface area contributed by atoms with Crippen molar-refractivity contribution in [3.8, 4) is 0 Å². The predicted molar refractivity (Wildman–Crippen MR) is 72.2 cm³/mol. The molecule has 0 unspecified atom stereocenters. The summed E-state index contributed by atoms with van der Waals surface area (Å²) in [5, 5.41) is 2.81. The Morgan fingerprint density at radius 3 is 2.58 bits per heavy atom. The summed E-state index contributed by atoms with van der Waals surface area (Å²) >= 11 is 5.83. The summed E-state index contributed by atoms with van der Waals surface area (Å²) in [4.78, 5) is -0.0263. The number of nitrogens with zero attached hydrogens (tertiary/aromatic N) is 1. The number of rotatable bonds is 4. The first-order valence-corrected chi connectivity index (χ1v) is 7.91. The van der Waals surface area contributed by atoms with Crippen molar-refractivity contribution < 1.29 is 12.8 Å². The van der Waals surface area contributed by atoms with Gasteiger partial charge >= 0.3 is 0 Å². The molecule has 0 saturated carbocycles. The molecule has 7 heteroatoms. The van der Waals surface area contributed by atoms with E-state index in [9.17, 15) is 12.8 Å². The third-order valence-electron chi connectivity index (χ3n) is 3.15. The molecule has 1 heterocycles. The van der Waals surface area contributed by atoms with E-state index in [1.54, 1.807) is 7.05 Å². The van der Waals surface area contributed by atoms with Gasteiger partial charge in [-0.2, -0.15) is 4.31 Å². The molecule has 1 aliphatic rings. The van der Waals surface area contributed by atoms with E-state index in [0.29, 0.717) is 25.2 Å². The van der Waals surface area contributed by atoms with Gasteiger partial charge in [0.15, 0.2) is 0 Å². The van der Waals surface area contributed by atoms with Crippen LogP contribution < -0.4 is 5.32 Å². The Kier molecular flexibility index (Phi) is 4.45. The molecule has 1 aromatic carbocycles. The lowest BCUT2D eigenvalue weighted by Crippen LogP contribution is -2.28. The Labute approximate surface area is 117 Å². The van der Waals surface area contributed by atoms with Crippen LogP contribution in [-0.2, 0) is 16.6 Å². The van der Waals surface area contributed by atoms with Gasteiger partial charge in [-0.25, -0.2) is 12.8 Å². The maximum atomic E-state index is 13.7. The Balaban J connectivity index is 2.44. The third-order valence-corrected chi connectivity index (χ3v) is 5.45. The van der Waals surface area contributed by atoms with Crippen LogP contribution in [0.3, 0.4) is 0 Å². The molecule has 0 aliphatic carbocycles. The SMILES string of the molecule is CNCc1cc(S(=O)(=O)N2CCCC2)cc(F)c1Cl. The average molecular weight is 307 g/mol. The molecule has 1 aliphatic heterocycles. The first-order chi connectivity index (χ1) is 8.96. The Hall–Kier alpha value is -0.690. The summed E-state index contributed by atoms with van der Waals surface area (Å²) in [7, 11) is -1.92. The highest BCUT2D eigenvalue weighted by molar-refractivity contribution is 7.89. The molecule has 1 fully saturated rings. The first-order valence-electron chi connectivity index (χ1n) is 6.09. The van der Waals surface area contributed by atoms with E-state index in [1.807, 2.05) is 0 Å². The van der Waals surface area contributed by atoms with Gasteiger partial charge < -0.3 is 5.32 Å². The van der Waals surface area contributed by atoms with Crippen molar-refractivity contribution in [2.24, 2.45) is 0 Å². The summed E-state index contributed by atoms with van der Waals surface area (Å²) in [5.41, 5.74) is 0.446. The van der Waals surface area contributed by atoms with Crippen LogP contribution in [0, 0.1) is 5.82 Å². The minimum Gasteiger partial charge on any atom is -0.316 e. The first kappa shape index (κ1) is 14.7. The molecule has 106 valence electrons. The minimum absolute atomic E-state index is 0.0263. The average Bonchev–Trinajstić information content (AvgIpc) is 2.89. The molecule has 0 radical (unpaired) electrons. The number of sulfonamides is 1. The maximum absolute atomic E-state index is 13.7. The van der Waals surface area contributed by atoms with Gasteiger partial charge in [0, 0.05) is 19.6 Å². The lowest BCUT2D eigenvalue weighted by atomic mass is 10.2.